The summed E-state index contributed by atoms with van der Waals surface area (Å²) in [6.07, 6.45) is 0.812. The SMILES string of the molecule is CC(C)c1cccc(NC(=O)N2CCc3ccccc3C2CO)c1. The molecule has 0 aliphatic carbocycles. The van der Waals surface area contributed by atoms with Crippen LogP contribution >= 0.6 is 0 Å². The largest absolute Gasteiger partial charge is 0.394 e. The average Bonchev–Trinajstić information content (AvgIpc) is 2.60. The molecule has 0 aromatic heterocycles. The molecule has 2 aromatic rings. The maximum Gasteiger partial charge on any atom is 0.322 e. The molecule has 2 amide bonds. The third-order valence-electron chi connectivity index (χ3n) is 4.65. The molecule has 0 bridgehead atoms. The van der Waals surface area contributed by atoms with Gasteiger partial charge in [-0.15, -0.1) is 0 Å². The Bertz CT molecular complexity index is 727. The highest BCUT2D eigenvalue weighted by Crippen LogP contribution is 2.30. The summed E-state index contributed by atoms with van der Waals surface area (Å²) in [7, 11) is 0. The molecule has 0 saturated heterocycles. The van der Waals surface area contributed by atoms with Gasteiger partial charge in [0.1, 0.15) is 0 Å². The van der Waals surface area contributed by atoms with Crippen molar-refractivity contribution >= 4 is 11.7 Å². The van der Waals surface area contributed by atoms with E-state index in [1.165, 1.54) is 11.1 Å². The van der Waals surface area contributed by atoms with Crippen molar-refractivity contribution in [3.8, 4) is 0 Å². The lowest BCUT2D eigenvalue weighted by atomic mass is 9.93. The van der Waals surface area contributed by atoms with Crippen molar-refractivity contribution in [1.82, 2.24) is 4.90 Å². The zero-order valence-corrected chi connectivity index (χ0v) is 14.2. The van der Waals surface area contributed by atoms with Gasteiger partial charge in [0.15, 0.2) is 0 Å². The van der Waals surface area contributed by atoms with E-state index < -0.39 is 0 Å². The summed E-state index contributed by atoms with van der Waals surface area (Å²) < 4.78 is 0. The van der Waals surface area contributed by atoms with E-state index in [1.807, 2.05) is 36.4 Å². The number of hydrogen-bond donors (Lipinski definition) is 2. The minimum atomic E-state index is -0.289. The Hall–Kier alpha value is -2.33. The van der Waals surface area contributed by atoms with Gasteiger partial charge in [0.2, 0.25) is 0 Å². The molecule has 0 saturated carbocycles. The van der Waals surface area contributed by atoms with E-state index in [4.69, 9.17) is 0 Å². The van der Waals surface area contributed by atoms with E-state index in [2.05, 4.69) is 31.3 Å². The number of anilines is 1. The maximum absolute atomic E-state index is 12.7. The number of hydrogen-bond acceptors (Lipinski definition) is 2. The molecule has 0 radical (unpaired) electrons. The number of benzene rings is 2. The summed E-state index contributed by atoms with van der Waals surface area (Å²) in [6, 6.07) is 15.5. The number of carbonyl (C=O) groups is 1. The van der Waals surface area contributed by atoms with Crippen molar-refractivity contribution < 1.29 is 9.90 Å². The van der Waals surface area contributed by atoms with Crippen LogP contribution in [-0.4, -0.2) is 29.2 Å². The van der Waals surface area contributed by atoms with Crippen LogP contribution in [0.3, 0.4) is 0 Å². The summed E-state index contributed by atoms with van der Waals surface area (Å²) in [5.41, 5.74) is 4.23. The van der Waals surface area contributed by atoms with Crippen LogP contribution in [0, 0.1) is 0 Å². The number of nitrogens with one attached hydrogen (secondary N) is 1. The standard InChI is InChI=1S/C20H24N2O2/c1-14(2)16-7-5-8-17(12-16)21-20(24)22-11-10-15-6-3-4-9-18(15)19(22)13-23/h3-9,12,14,19,23H,10-11,13H2,1-2H3,(H,21,24). The highest BCUT2D eigenvalue weighted by molar-refractivity contribution is 5.90. The number of fused-ring (bicyclic) bond motifs is 1. The molecule has 1 heterocycles. The summed E-state index contributed by atoms with van der Waals surface area (Å²) in [5, 5.41) is 12.8. The molecule has 126 valence electrons. The van der Waals surface area contributed by atoms with Gasteiger partial charge in [0.25, 0.3) is 0 Å². The van der Waals surface area contributed by atoms with Crippen molar-refractivity contribution in [2.75, 3.05) is 18.5 Å². The van der Waals surface area contributed by atoms with Crippen molar-refractivity contribution in [2.24, 2.45) is 0 Å². The molecule has 1 atom stereocenters. The predicted octanol–water partition coefficient (Wildman–Crippen LogP) is 3.93. The van der Waals surface area contributed by atoms with E-state index >= 15 is 0 Å². The van der Waals surface area contributed by atoms with Gasteiger partial charge < -0.3 is 15.3 Å². The Morgan fingerprint density at radius 3 is 2.79 bits per heavy atom. The fourth-order valence-corrected chi connectivity index (χ4v) is 3.26. The molecule has 1 unspecified atom stereocenters. The Labute approximate surface area is 143 Å². The molecule has 1 aliphatic rings. The molecule has 4 nitrogen and oxygen atoms in total. The minimum Gasteiger partial charge on any atom is -0.394 e. The predicted molar refractivity (Wildman–Crippen MR) is 96.2 cm³/mol. The Morgan fingerprint density at radius 2 is 2.04 bits per heavy atom. The van der Waals surface area contributed by atoms with Gasteiger partial charge in [-0.3, -0.25) is 0 Å². The highest BCUT2D eigenvalue weighted by Gasteiger charge is 2.30. The third kappa shape index (κ3) is 3.29. The minimum absolute atomic E-state index is 0.0729. The number of aliphatic hydroxyl groups is 1. The zero-order chi connectivity index (χ0) is 17.1. The van der Waals surface area contributed by atoms with Gasteiger partial charge >= 0.3 is 6.03 Å². The van der Waals surface area contributed by atoms with Gasteiger partial charge in [0.05, 0.1) is 12.6 Å². The molecular weight excluding hydrogens is 300 g/mol. The van der Waals surface area contributed by atoms with Gasteiger partial charge in [-0.1, -0.05) is 50.2 Å². The monoisotopic (exact) mass is 324 g/mol. The number of amides is 2. The molecule has 0 spiro atoms. The second kappa shape index (κ2) is 7.05. The molecule has 4 heteroatoms. The van der Waals surface area contributed by atoms with Crippen LogP contribution in [0.25, 0.3) is 0 Å². The summed E-state index contributed by atoms with van der Waals surface area (Å²) in [5.74, 6) is 0.411. The molecule has 24 heavy (non-hydrogen) atoms. The van der Waals surface area contributed by atoms with Crippen LogP contribution in [0.15, 0.2) is 48.5 Å². The molecule has 0 fully saturated rings. The Morgan fingerprint density at radius 1 is 1.25 bits per heavy atom. The first kappa shape index (κ1) is 16.5. The van der Waals surface area contributed by atoms with Crippen LogP contribution in [0.1, 0.15) is 42.5 Å². The second-order valence-electron chi connectivity index (χ2n) is 6.55. The van der Waals surface area contributed by atoms with Gasteiger partial charge in [-0.05, 0) is 41.2 Å². The van der Waals surface area contributed by atoms with Gasteiger partial charge in [0, 0.05) is 12.2 Å². The van der Waals surface area contributed by atoms with E-state index in [9.17, 15) is 9.90 Å². The van der Waals surface area contributed by atoms with Crippen LogP contribution in [-0.2, 0) is 6.42 Å². The third-order valence-corrected chi connectivity index (χ3v) is 4.65. The Balaban J connectivity index is 1.79. The van der Waals surface area contributed by atoms with Crippen molar-refractivity contribution in [1.29, 1.82) is 0 Å². The topological polar surface area (TPSA) is 52.6 Å². The highest BCUT2D eigenvalue weighted by atomic mass is 16.3. The molecular formula is C20H24N2O2. The normalized spacial score (nSPS) is 16.8. The van der Waals surface area contributed by atoms with Crippen molar-refractivity contribution in [2.45, 2.75) is 32.2 Å². The molecule has 1 aliphatic heterocycles. The lowest BCUT2D eigenvalue weighted by molar-refractivity contribution is 0.135. The second-order valence-corrected chi connectivity index (χ2v) is 6.55. The van der Waals surface area contributed by atoms with Crippen LogP contribution in [0.4, 0.5) is 10.5 Å². The van der Waals surface area contributed by atoms with E-state index in [0.717, 1.165) is 17.7 Å². The van der Waals surface area contributed by atoms with E-state index in [0.29, 0.717) is 12.5 Å². The first-order chi connectivity index (χ1) is 11.6. The first-order valence-electron chi connectivity index (χ1n) is 8.46. The zero-order valence-electron chi connectivity index (χ0n) is 14.2. The average molecular weight is 324 g/mol. The molecule has 2 N–H and O–H groups in total. The van der Waals surface area contributed by atoms with Crippen LogP contribution in [0.5, 0.6) is 0 Å². The number of carbonyl (C=O) groups excluding carboxylic acids is 1. The van der Waals surface area contributed by atoms with Gasteiger partial charge in [-0.2, -0.15) is 0 Å². The van der Waals surface area contributed by atoms with Crippen molar-refractivity contribution in [3.05, 3.63) is 65.2 Å². The summed E-state index contributed by atoms with van der Waals surface area (Å²) in [6.45, 7) is 4.79. The quantitative estimate of drug-likeness (QED) is 0.898. The smallest absolute Gasteiger partial charge is 0.322 e. The Kier molecular flexibility index (Phi) is 4.86. The lowest BCUT2D eigenvalue weighted by Gasteiger charge is -2.36. The fraction of sp³-hybridized carbons (Fsp3) is 0.350. The molecule has 3 rings (SSSR count). The first-order valence-corrected chi connectivity index (χ1v) is 8.46. The summed E-state index contributed by atoms with van der Waals surface area (Å²) >= 11 is 0. The fourth-order valence-electron chi connectivity index (χ4n) is 3.26. The number of rotatable bonds is 3. The number of urea groups is 1. The van der Waals surface area contributed by atoms with Crippen LogP contribution < -0.4 is 5.32 Å². The number of nitrogens with zero attached hydrogens (tertiary/aromatic N) is 1. The van der Waals surface area contributed by atoms with Gasteiger partial charge in [-0.25, -0.2) is 4.79 Å². The maximum atomic E-state index is 12.7. The van der Waals surface area contributed by atoms with Crippen LogP contribution in [0.2, 0.25) is 0 Å². The lowest BCUT2D eigenvalue weighted by Crippen LogP contribution is -2.43. The number of aliphatic hydroxyl groups excluding tert-OH is 1. The molecule has 2 aromatic carbocycles. The summed E-state index contributed by atoms with van der Waals surface area (Å²) in [4.78, 5) is 14.5. The van der Waals surface area contributed by atoms with Crippen molar-refractivity contribution in [3.63, 3.8) is 0 Å². The van der Waals surface area contributed by atoms with E-state index in [1.54, 1.807) is 4.90 Å². The van der Waals surface area contributed by atoms with E-state index in [-0.39, 0.29) is 18.7 Å².